The zero-order chi connectivity index (χ0) is 13.4. The highest BCUT2D eigenvalue weighted by Crippen LogP contribution is 2.32. The van der Waals surface area contributed by atoms with Crippen LogP contribution in [-0.2, 0) is 25.9 Å². The molecule has 98 valence electrons. The van der Waals surface area contributed by atoms with E-state index in [1.165, 1.54) is 11.8 Å². The van der Waals surface area contributed by atoms with Crippen molar-refractivity contribution in [2.45, 2.75) is 37.8 Å². The summed E-state index contributed by atoms with van der Waals surface area (Å²) in [6.45, 7) is 5.59. The summed E-state index contributed by atoms with van der Waals surface area (Å²) in [5, 5.41) is 4.13. The summed E-state index contributed by atoms with van der Waals surface area (Å²) in [7, 11) is 2.84. The molecule has 8 heteroatoms. The van der Waals surface area contributed by atoms with Gasteiger partial charge in [0.2, 0.25) is 0 Å². The van der Waals surface area contributed by atoms with Gasteiger partial charge in [0.25, 0.3) is 9.05 Å². The van der Waals surface area contributed by atoms with Gasteiger partial charge < -0.3 is 4.74 Å². The van der Waals surface area contributed by atoms with E-state index in [4.69, 9.17) is 27.0 Å². The lowest BCUT2D eigenvalue weighted by atomic mass is 10.1. The van der Waals surface area contributed by atoms with Crippen molar-refractivity contribution in [1.29, 1.82) is 0 Å². The molecule has 0 aliphatic rings. The average molecular weight is 301 g/mol. The van der Waals surface area contributed by atoms with E-state index in [1.807, 2.05) is 20.8 Å². The molecule has 0 bridgehead atoms. The Labute approximate surface area is 110 Å². The largest absolute Gasteiger partial charge is 0.378 e. The fourth-order valence-electron chi connectivity index (χ4n) is 1.34. The van der Waals surface area contributed by atoms with Crippen molar-refractivity contribution in [3.8, 4) is 0 Å². The van der Waals surface area contributed by atoms with Crippen LogP contribution in [0.15, 0.2) is 4.90 Å². The van der Waals surface area contributed by atoms with Gasteiger partial charge in [-0.05, 0) is 20.8 Å². The van der Waals surface area contributed by atoms with Crippen LogP contribution in [0.25, 0.3) is 0 Å². The number of methoxy groups -OCH3 is 1. The Morgan fingerprint density at radius 3 is 2.29 bits per heavy atom. The van der Waals surface area contributed by atoms with Crippen LogP contribution < -0.4 is 0 Å². The topological polar surface area (TPSA) is 61.2 Å². The van der Waals surface area contributed by atoms with Crippen LogP contribution in [0.4, 0.5) is 0 Å². The smallest absolute Gasteiger partial charge is 0.266 e. The monoisotopic (exact) mass is 300 g/mol. The van der Waals surface area contributed by atoms with E-state index in [2.05, 4.69) is 5.10 Å². The maximum atomic E-state index is 11.5. The summed E-state index contributed by atoms with van der Waals surface area (Å²) in [6.07, 6.45) is 0. The van der Waals surface area contributed by atoms with Crippen molar-refractivity contribution in [1.82, 2.24) is 9.78 Å². The van der Waals surface area contributed by atoms with E-state index in [1.54, 1.807) is 0 Å². The van der Waals surface area contributed by atoms with Crippen molar-refractivity contribution in [3.05, 3.63) is 10.8 Å². The van der Waals surface area contributed by atoms with Crippen LogP contribution >= 0.6 is 22.3 Å². The van der Waals surface area contributed by atoms with Crippen LogP contribution in [0.1, 0.15) is 26.5 Å². The molecule has 1 heterocycles. The van der Waals surface area contributed by atoms with Gasteiger partial charge in [-0.3, -0.25) is 0 Å². The Bertz CT molecular complexity index is 517. The van der Waals surface area contributed by atoms with Gasteiger partial charge in [-0.1, -0.05) is 11.6 Å². The number of hydrogen-bond acceptors (Lipinski definition) is 4. The third-order valence-corrected chi connectivity index (χ3v) is 3.86. The van der Waals surface area contributed by atoms with E-state index < -0.39 is 14.6 Å². The van der Waals surface area contributed by atoms with Gasteiger partial charge in [-0.15, -0.1) is 0 Å². The highest BCUT2D eigenvalue weighted by Gasteiger charge is 2.30. The van der Waals surface area contributed by atoms with Gasteiger partial charge in [0.15, 0.2) is 0 Å². The molecule has 0 spiro atoms. The highest BCUT2D eigenvalue weighted by molar-refractivity contribution is 8.13. The first kappa shape index (κ1) is 14.8. The van der Waals surface area contributed by atoms with Crippen molar-refractivity contribution in [2.75, 3.05) is 7.11 Å². The Kier molecular flexibility index (Phi) is 4.13. The van der Waals surface area contributed by atoms with E-state index in [9.17, 15) is 8.42 Å². The highest BCUT2D eigenvalue weighted by atomic mass is 35.7. The van der Waals surface area contributed by atoms with E-state index in [0.29, 0.717) is 0 Å². The van der Waals surface area contributed by atoms with Crippen LogP contribution in [0.2, 0.25) is 5.15 Å². The lowest BCUT2D eigenvalue weighted by molar-refractivity contribution is 0.177. The van der Waals surface area contributed by atoms with Gasteiger partial charge in [0.05, 0.1) is 12.1 Å². The maximum Gasteiger partial charge on any atom is 0.266 e. The molecular weight excluding hydrogens is 287 g/mol. The minimum Gasteiger partial charge on any atom is -0.378 e. The van der Waals surface area contributed by atoms with Crippen LogP contribution in [0.3, 0.4) is 0 Å². The van der Waals surface area contributed by atoms with E-state index in [0.717, 1.165) is 0 Å². The molecule has 17 heavy (non-hydrogen) atoms. The third kappa shape index (κ3) is 3.13. The number of aromatic nitrogens is 2. The van der Waals surface area contributed by atoms with Crippen molar-refractivity contribution in [2.24, 2.45) is 0 Å². The molecule has 0 aromatic carbocycles. The standard InChI is InChI=1S/C9H14Cl2N2O3S/c1-9(2,3)13-8(10)7(17(11,14)15)6(12-13)5-16-4/h5H2,1-4H3. The van der Waals surface area contributed by atoms with Crippen molar-refractivity contribution >= 4 is 31.3 Å². The molecule has 0 amide bonds. The molecule has 0 unspecified atom stereocenters. The van der Waals surface area contributed by atoms with E-state index >= 15 is 0 Å². The van der Waals surface area contributed by atoms with Gasteiger partial charge in [0.1, 0.15) is 15.7 Å². The first-order valence-electron chi connectivity index (χ1n) is 4.80. The predicted molar refractivity (Wildman–Crippen MR) is 66.0 cm³/mol. The summed E-state index contributed by atoms with van der Waals surface area (Å²) < 4.78 is 29.2. The molecule has 0 saturated heterocycles. The molecule has 1 aromatic rings. The first-order valence-corrected chi connectivity index (χ1v) is 7.49. The summed E-state index contributed by atoms with van der Waals surface area (Å²) in [5.41, 5.74) is -0.234. The zero-order valence-corrected chi connectivity index (χ0v) is 12.3. The quantitative estimate of drug-likeness (QED) is 0.804. The lowest BCUT2D eigenvalue weighted by Crippen LogP contribution is -2.23. The van der Waals surface area contributed by atoms with Gasteiger partial charge in [0, 0.05) is 17.8 Å². The number of nitrogens with zero attached hydrogens (tertiary/aromatic N) is 2. The summed E-state index contributed by atoms with van der Waals surface area (Å²) in [6, 6.07) is 0. The first-order chi connectivity index (χ1) is 7.59. The number of halogens is 2. The molecule has 1 rings (SSSR count). The molecule has 0 radical (unpaired) electrons. The molecule has 1 aromatic heterocycles. The number of hydrogen-bond donors (Lipinski definition) is 0. The minimum atomic E-state index is -3.95. The van der Waals surface area contributed by atoms with Crippen molar-refractivity contribution in [3.63, 3.8) is 0 Å². The van der Waals surface area contributed by atoms with Gasteiger partial charge in [-0.2, -0.15) is 5.10 Å². The predicted octanol–water partition coefficient (Wildman–Crippen LogP) is 2.37. The molecular formula is C9H14Cl2N2O3S. The van der Waals surface area contributed by atoms with Crippen LogP contribution in [-0.4, -0.2) is 25.3 Å². The second-order valence-corrected chi connectivity index (χ2v) is 7.38. The number of rotatable bonds is 3. The SMILES string of the molecule is COCc1nn(C(C)(C)C)c(Cl)c1S(=O)(=O)Cl. The molecule has 0 atom stereocenters. The molecule has 5 nitrogen and oxygen atoms in total. The third-order valence-electron chi connectivity index (χ3n) is 2.02. The van der Waals surface area contributed by atoms with Gasteiger partial charge >= 0.3 is 0 Å². The average Bonchev–Trinajstić information content (AvgIpc) is 2.41. The van der Waals surface area contributed by atoms with Crippen LogP contribution in [0, 0.1) is 0 Å². The Morgan fingerprint density at radius 1 is 1.41 bits per heavy atom. The Hall–Kier alpha value is -0.300. The second-order valence-electron chi connectivity index (χ2n) is 4.52. The second kappa shape index (κ2) is 4.76. The molecule has 0 N–H and O–H groups in total. The lowest BCUT2D eigenvalue weighted by Gasteiger charge is -2.20. The summed E-state index contributed by atoms with van der Waals surface area (Å²) in [5.74, 6) is 0. The van der Waals surface area contributed by atoms with E-state index in [-0.39, 0.29) is 22.3 Å². The Balaban J connectivity index is 3.53. The maximum absolute atomic E-state index is 11.5. The molecule has 0 aliphatic heterocycles. The Morgan fingerprint density at radius 2 is 1.94 bits per heavy atom. The molecule has 0 saturated carbocycles. The normalized spacial score (nSPS) is 13.1. The van der Waals surface area contributed by atoms with Crippen molar-refractivity contribution < 1.29 is 13.2 Å². The van der Waals surface area contributed by atoms with Gasteiger partial charge in [-0.25, -0.2) is 13.1 Å². The fourth-order valence-corrected chi connectivity index (χ4v) is 3.32. The summed E-state index contributed by atoms with van der Waals surface area (Å²) >= 11 is 6.02. The fraction of sp³-hybridized carbons (Fsp3) is 0.667. The number of ether oxygens (including phenoxy) is 1. The minimum absolute atomic E-state index is 0.000417. The van der Waals surface area contributed by atoms with Crippen LogP contribution in [0.5, 0.6) is 0 Å². The zero-order valence-electron chi connectivity index (χ0n) is 9.99. The summed E-state index contributed by atoms with van der Waals surface area (Å²) in [4.78, 5) is -0.183. The molecule has 0 fully saturated rings. The molecule has 0 aliphatic carbocycles.